The molecule has 0 saturated heterocycles. The lowest BCUT2D eigenvalue weighted by Crippen LogP contribution is -2.00. The molecule has 2 heterocycles. The van der Waals surface area contributed by atoms with Gasteiger partial charge in [-0.1, -0.05) is 146 Å². The van der Waals surface area contributed by atoms with Gasteiger partial charge in [-0.05, 0) is 68.6 Å². The SMILES string of the molecule is c1ccc(-c2nc(-c3ccccc3)nc(-c3cc(-c4ccc(-c5ccc6ccccc6c5)cc4)c4oc5cc6ccccc6cc5c4c3)n2)cc1. The molecular weight excluding hydrogens is 623 g/mol. The number of benzene rings is 8. The van der Waals surface area contributed by atoms with Crippen LogP contribution in [0.25, 0.3) is 99.9 Å². The third-order valence-electron chi connectivity index (χ3n) is 9.68. The summed E-state index contributed by atoms with van der Waals surface area (Å²) in [5.74, 6) is 1.86. The molecule has 0 aliphatic rings. The van der Waals surface area contributed by atoms with Crippen LogP contribution < -0.4 is 0 Å². The fourth-order valence-corrected chi connectivity index (χ4v) is 7.06. The largest absolute Gasteiger partial charge is 0.455 e. The Morgan fingerprint density at radius 1 is 0.314 bits per heavy atom. The van der Waals surface area contributed by atoms with Crippen LogP contribution >= 0.6 is 0 Å². The zero-order valence-electron chi connectivity index (χ0n) is 27.5. The van der Waals surface area contributed by atoms with Gasteiger partial charge in [0.25, 0.3) is 0 Å². The molecule has 2 aromatic heterocycles. The fraction of sp³-hybridized carbons (Fsp3) is 0. The second-order valence-electron chi connectivity index (χ2n) is 12.9. The Labute approximate surface area is 294 Å². The van der Waals surface area contributed by atoms with E-state index < -0.39 is 0 Å². The smallest absolute Gasteiger partial charge is 0.164 e. The normalized spacial score (nSPS) is 11.5. The van der Waals surface area contributed by atoms with Crippen molar-refractivity contribution in [1.29, 1.82) is 0 Å². The quantitative estimate of drug-likeness (QED) is 0.186. The Kier molecular flexibility index (Phi) is 6.78. The highest BCUT2D eigenvalue weighted by atomic mass is 16.3. The van der Waals surface area contributed by atoms with Crippen molar-refractivity contribution in [3.63, 3.8) is 0 Å². The number of furan rings is 1. The summed E-state index contributed by atoms with van der Waals surface area (Å²) in [5, 5.41) is 6.84. The van der Waals surface area contributed by atoms with Gasteiger partial charge in [0.2, 0.25) is 0 Å². The van der Waals surface area contributed by atoms with E-state index in [0.717, 1.165) is 66.1 Å². The van der Waals surface area contributed by atoms with E-state index in [1.807, 2.05) is 60.7 Å². The van der Waals surface area contributed by atoms with Crippen LogP contribution in [0.4, 0.5) is 0 Å². The van der Waals surface area contributed by atoms with Crippen LogP contribution in [0, 0.1) is 0 Å². The highest BCUT2D eigenvalue weighted by Gasteiger charge is 2.19. The van der Waals surface area contributed by atoms with Crippen molar-refractivity contribution in [1.82, 2.24) is 15.0 Å². The van der Waals surface area contributed by atoms with Gasteiger partial charge < -0.3 is 4.42 Å². The summed E-state index contributed by atoms with van der Waals surface area (Å²) in [4.78, 5) is 15.1. The molecule has 8 aromatic carbocycles. The molecule has 238 valence electrons. The summed E-state index contributed by atoms with van der Waals surface area (Å²) in [5.41, 5.74) is 8.82. The van der Waals surface area contributed by atoms with Gasteiger partial charge in [-0.3, -0.25) is 0 Å². The molecule has 0 fully saturated rings. The lowest BCUT2D eigenvalue weighted by atomic mass is 9.95. The van der Waals surface area contributed by atoms with Gasteiger partial charge in [0, 0.05) is 33.0 Å². The first-order valence-corrected chi connectivity index (χ1v) is 17.1. The maximum absolute atomic E-state index is 6.73. The monoisotopic (exact) mass is 651 g/mol. The zero-order valence-corrected chi connectivity index (χ0v) is 27.5. The third kappa shape index (κ3) is 5.22. The highest BCUT2D eigenvalue weighted by Crippen LogP contribution is 2.41. The lowest BCUT2D eigenvalue weighted by molar-refractivity contribution is 0.670. The number of fused-ring (bicyclic) bond motifs is 5. The molecular formula is C47H29N3O. The van der Waals surface area contributed by atoms with Crippen LogP contribution in [0.1, 0.15) is 0 Å². The molecule has 0 amide bonds. The van der Waals surface area contributed by atoms with Crippen molar-refractivity contribution in [3.05, 3.63) is 176 Å². The molecule has 4 heteroatoms. The van der Waals surface area contributed by atoms with E-state index >= 15 is 0 Å². The van der Waals surface area contributed by atoms with E-state index in [2.05, 4.69) is 115 Å². The molecule has 4 nitrogen and oxygen atoms in total. The van der Waals surface area contributed by atoms with Crippen molar-refractivity contribution in [3.8, 4) is 56.4 Å². The zero-order chi connectivity index (χ0) is 33.7. The van der Waals surface area contributed by atoms with Gasteiger partial charge in [-0.25, -0.2) is 15.0 Å². The maximum atomic E-state index is 6.73. The molecule has 0 bridgehead atoms. The van der Waals surface area contributed by atoms with Crippen molar-refractivity contribution in [2.75, 3.05) is 0 Å². The minimum absolute atomic E-state index is 0.605. The van der Waals surface area contributed by atoms with E-state index in [-0.39, 0.29) is 0 Å². The molecule has 10 rings (SSSR count). The fourth-order valence-electron chi connectivity index (χ4n) is 7.06. The van der Waals surface area contributed by atoms with Crippen molar-refractivity contribution >= 4 is 43.5 Å². The van der Waals surface area contributed by atoms with E-state index in [1.165, 1.54) is 16.3 Å². The minimum Gasteiger partial charge on any atom is -0.455 e. The van der Waals surface area contributed by atoms with Crippen LogP contribution in [0.3, 0.4) is 0 Å². The molecule has 0 unspecified atom stereocenters. The maximum Gasteiger partial charge on any atom is 0.164 e. The molecule has 0 atom stereocenters. The van der Waals surface area contributed by atoms with Gasteiger partial charge in [0.15, 0.2) is 17.5 Å². The minimum atomic E-state index is 0.605. The topological polar surface area (TPSA) is 51.8 Å². The van der Waals surface area contributed by atoms with Crippen LogP contribution in [0.2, 0.25) is 0 Å². The Morgan fingerprint density at radius 3 is 1.47 bits per heavy atom. The van der Waals surface area contributed by atoms with Crippen LogP contribution in [0.15, 0.2) is 180 Å². The average Bonchev–Trinajstić information content (AvgIpc) is 3.57. The van der Waals surface area contributed by atoms with Gasteiger partial charge in [-0.15, -0.1) is 0 Å². The summed E-state index contributed by atoms with van der Waals surface area (Å²) in [6, 6.07) is 61.1. The highest BCUT2D eigenvalue weighted by molar-refractivity contribution is 6.14. The number of rotatable bonds is 5. The second-order valence-corrected chi connectivity index (χ2v) is 12.9. The van der Waals surface area contributed by atoms with Crippen LogP contribution in [-0.4, -0.2) is 15.0 Å². The van der Waals surface area contributed by atoms with E-state index in [0.29, 0.717) is 17.5 Å². The van der Waals surface area contributed by atoms with Gasteiger partial charge in [0.1, 0.15) is 11.2 Å². The molecule has 0 radical (unpaired) electrons. The van der Waals surface area contributed by atoms with E-state index in [4.69, 9.17) is 19.4 Å². The Hall–Kier alpha value is -6.91. The molecule has 0 aliphatic heterocycles. The average molecular weight is 652 g/mol. The molecule has 0 aliphatic carbocycles. The number of nitrogens with zero attached hydrogens (tertiary/aromatic N) is 3. The van der Waals surface area contributed by atoms with Crippen molar-refractivity contribution in [2.45, 2.75) is 0 Å². The Bertz CT molecular complexity index is 2840. The van der Waals surface area contributed by atoms with Gasteiger partial charge in [0.05, 0.1) is 0 Å². The van der Waals surface area contributed by atoms with Crippen LogP contribution in [0.5, 0.6) is 0 Å². The summed E-state index contributed by atoms with van der Waals surface area (Å²) in [6.45, 7) is 0. The van der Waals surface area contributed by atoms with Crippen LogP contribution in [-0.2, 0) is 0 Å². The standard InChI is InChI=1S/C47H29N3O/c1-3-12-33(13-4-1)45-48-46(34-14-5-2-6-15-34)50-47(49-45)39-27-40(44-42(28-39)41-26-36-17-9-10-18-37(36)29-43(41)51-44)32-22-19-31(20-23-32)38-24-21-30-11-7-8-16-35(30)25-38/h1-29H. The van der Waals surface area contributed by atoms with Crippen molar-refractivity contribution in [2.24, 2.45) is 0 Å². The molecule has 10 aromatic rings. The third-order valence-corrected chi connectivity index (χ3v) is 9.68. The summed E-state index contributed by atoms with van der Waals surface area (Å²) < 4.78 is 6.73. The first-order chi connectivity index (χ1) is 25.2. The first kappa shape index (κ1) is 29.0. The summed E-state index contributed by atoms with van der Waals surface area (Å²) in [6.07, 6.45) is 0. The second kappa shape index (κ2) is 11.9. The molecule has 51 heavy (non-hydrogen) atoms. The van der Waals surface area contributed by atoms with Crippen molar-refractivity contribution < 1.29 is 4.42 Å². The lowest BCUT2D eigenvalue weighted by Gasteiger charge is -2.11. The number of hydrogen-bond acceptors (Lipinski definition) is 4. The summed E-state index contributed by atoms with van der Waals surface area (Å²) in [7, 11) is 0. The van der Waals surface area contributed by atoms with Gasteiger partial charge in [-0.2, -0.15) is 0 Å². The number of hydrogen-bond donors (Lipinski definition) is 0. The first-order valence-electron chi connectivity index (χ1n) is 17.1. The Balaban J connectivity index is 1.19. The molecule has 0 saturated carbocycles. The Morgan fingerprint density at radius 2 is 0.824 bits per heavy atom. The predicted molar refractivity (Wildman–Crippen MR) is 209 cm³/mol. The predicted octanol–water partition coefficient (Wildman–Crippen LogP) is 12.4. The van der Waals surface area contributed by atoms with E-state index in [1.54, 1.807) is 0 Å². The molecule has 0 spiro atoms. The number of aromatic nitrogens is 3. The summed E-state index contributed by atoms with van der Waals surface area (Å²) >= 11 is 0. The van der Waals surface area contributed by atoms with E-state index in [9.17, 15) is 0 Å². The molecule has 0 N–H and O–H groups in total. The van der Waals surface area contributed by atoms with Gasteiger partial charge >= 0.3 is 0 Å².